The number of nitrogens with zero attached hydrogens (tertiary/aromatic N) is 2. The highest BCUT2D eigenvalue weighted by Crippen LogP contribution is 2.24. The Bertz CT molecular complexity index is 544. The van der Waals surface area contributed by atoms with Gasteiger partial charge in [0.1, 0.15) is 0 Å². The third-order valence-corrected chi connectivity index (χ3v) is 4.88. The molecule has 1 fully saturated rings. The Balaban J connectivity index is 1.96. The Morgan fingerprint density at radius 2 is 2.16 bits per heavy atom. The van der Waals surface area contributed by atoms with Crippen molar-refractivity contribution in [3.63, 3.8) is 0 Å². The summed E-state index contributed by atoms with van der Waals surface area (Å²) in [6.07, 6.45) is 5.51. The van der Waals surface area contributed by atoms with Crippen LogP contribution in [0.1, 0.15) is 24.8 Å². The van der Waals surface area contributed by atoms with Gasteiger partial charge in [-0.25, -0.2) is 4.79 Å². The lowest BCUT2D eigenvalue weighted by atomic mass is 10.2. The molecule has 1 aromatic heterocycles. The number of hydrogen-bond acceptors (Lipinski definition) is 4. The summed E-state index contributed by atoms with van der Waals surface area (Å²) in [6, 6.07) is 0. The fraction of sp³-hybridized carbons (Fsp3) is 0.692. The predicted octanol–water partition coefficient (Wildman–Crippen LogP) is 0.459. The number of nitrogens with one attached hydrogen (secondary N) is 1. The summed E-state index contributed by atoms with van der Waals surface area (Å²) in [4.78, 5) is 23.5. The van der Waals surface area contributed by atoms with Crippen LogP contribution in [0.4, 0.5) is 0 Å². The van der Waals surface area contributed by atoms with Gasteiger partial charge in [0.15, 0.2) is 0 Å². The molecule has 0 aliphatic carbocycles. The molecule has 1 aliphatic heterocycles. The van der Waals surface area contributed by atoms with Crippen LogP contribution in [-0.2, 0) is 20.6 Å². The van der Waals surface area contributed by atoms with E-state index in [1.807, 2.05) is 11.8 Å². The smallest absolute Gasteiger partial charge is 0.311 e. The fourth-order valence-corrected chi connectivity index (χ4v) is 3.61. The first-order valence-corrected chi connectivity index (χ1v) is 7.72. The van der Waals surface area contributed by atoms with Crippen molar-refractivity contribution in [1.29, 1.82) is 0 Å². The Kier molecular flexibility index (Phi) is 4.87. The van der Waals surface area contributed by atoms with Gasteiger partial charge in [0, 0.05) is 44.2 Å². The monoisotopic (exact) mass is 283 g/mol. The van der Waals surface area contributed by atoms with Crippen LogP contribution in [0, 0.1) is 0 Å². The topological polar surface area (TPSA) is 56.0 Å². The number of aryl methyl sites for hydroxylation is 1. The predicted molar refractivity (Wildman–Crippen MR) is 78.7 cm³/mol. The normalized spacial score (nSPS) is 19.6. The third kappa shape index (κ3) is 3.51. The van der Waals surface area contributed by atoms with Crippen LogP contribution in [0.15, 0.2) is 15.8 Å². The molecule has 0 spiro atoms. The molecular weight excluding hydrogens is 262 g/mol. The van der Waals surface area contributed by atoms with E-state index in [9.17, 15) is 9.59 Å². The van der Waals surface area contributed by atoms with Crippen LogP contribution >= 0.6 is 11.8 Å². The molecule has 0 bridgehead atoms. The van der Waals surface area contributed by atoms with Crippen molar-refractivity contribution in [2.45, 2.75) is 31.1 Å². The maximum atomic E-state index is 11.9. The molecule has 1 saturated heterocycles. The van der Waals surface area contributed by atoms with Crippen molar-refractivity contribution in [2.24, 2.45) is 14.1 Å². The zero-order valence-corrected chi connectivity index (χ0v) is 12.3. The van der Waals surface area contributed by atoms with Gasteiger partial charge in [-0.15, -0.1) is 0 Å². The Hall–Kier alpha value is -1.01. The van der Waals surface area contributed by atoms with Crippen molar-refractivity contribution < 1.29 is 0 Å². The quantitative estimate of drug-likeness (QED) is 0.872. The highest BCUT2D eigenvalue weighted by atomic mass is 32.2. The summed E-state index contributed by atoms with van der Waals surface area (Å²) in [5.41, 5.74) is 0.161. The SMILES string of the molecule is Cn1cc(CNCC2CCCCS2)c(=O)n(C)c1=O. The van der Waals surface area contributed by atoms with Crippen molar-refractivity contribution in [3.05, 3.63) is 32.6 Å². The molecule has 0 amide bonds. The highest BCUT2D eigenvalue weighted by Gasteiger charge is 2.13. The van der Waals surface area contributed by atoms with E-state index in [-0.39, 0.29) is 11.2 Å². The Labute approximate surface area is 117 Å². The van der Waals surface area contributed by atoms with Gasteiger partial charge in [-0.05, 0) is 18.6 Å². The average Bonchev–Trinajstić information content (AvgIpc) is 2.43. The molecule has 1 aromatic rings. The fourth-order valence-electron chi connectivity index (χ4n) is 2.34. The molecule has 6 heteroatoms. The zero-order valence-electron chi connectivity index (χ0n) is 11.5. The first-order chi connectivity index (χ1) is 9.09. The van der Waals surface area contributed by atoms with Gasteiger partial charge in [0.2, 0.25) is 0 Å². The summed E-state index contributed by atoms with van der Waals surface area (Å²) in [5, 5.41) is 3.99. The van der Waals surface area contributed by atoms with Crippen molar-refractivity contribution >= 4 is 11.8 Å². The van der Waals surface area contributed by atoms with Gasteiger partial charge in [0.05, 0.1) is 0 Å². The van der Waals surface area contributed by atoms with E-state index < -0.39 is 0 Å². The molecular formula is C13H21N3O2S. The molecule has 19 heavy (non-hydrogen) atoms. The van der Waals surface area contributed by atoms with Gasteiger partial charge >= 0.3 is 5.69 Å². The minimum atomic E-state index is -0.281. The lowest BCUT2D eigenvalue weighted by molar-refractivity contribution is 0.585. The first kappa shape index (κ1) is 14.4. The molecule has 5 nitrogen and oxygen atoms in total. The molecule has 1 N–H and O–H groups in total. The summed E-state index contributed by atoms with van der Waals surface area (Å²) in [5.74, 6) is 1.24. The maximum Gasteiger partial charge on any atom is 0.330 e. The van der Waals surface area contributed by atoms with Crippen LogP contribution in [0.2, 0.25) is 0 Å². The van der Waals surface area contributed by atoms with Gasteiger partial charge in [0.25, 0.3) is 5.56 Å². The first-order valence-electron chi connectivity index (χ1n) is 6.67. The molecule has 0 aromatic carbocycles. The lowest BCUT2D eigenvalue weighted by Gasteiger charge is -2.21. The minimum Gasteiger partial charge on any atom is -0.311 e. The van der Waals surface area contributed by atoms with Gasteiger partial charge in [-0.3, -0.25) is 9.36 Å². The van der Waals surface area contributed by atoms with Crippen LogP contribution in [0.25, 0.3) is 0 Å². The van der Waals surface area contributed by atoms with Crippen molar-refractivity contribution in [1.82, 2.24) is 14.5 Å². The Morgan fingerprint density at radius 1 is 1.37 bits per heavy atom. The molecule has 106 valence electrons. The van der Waals surface area contributed by atoms with E-state index in [0.29, 0.717) is 17.4 Å². The molecule has 1 aliphatic rings. The standard InChI is InChI=1S/C13H21N3O2S/c1-15-9-10(12(17)16(2)13(15)18)7-14-8-11-5-3-4-6-19-11/h9,11,14H,3-8H2,1-2H3. The highest BCUT2D eigenvalue weighted by molar-refractivity contribution is 7.99. The van der Waals surface area contributed by atoms with Crippen LogP contribution < -0.4 is 16.6 Å². The number of thioether (sulfide) groups is 1. The van der Waals surface area contributed by atoms with Gasteiger partial charge in [-0.1, -0.05) is 6.42 Å². The largest absolute Gasteiger partial charge is 0.330 e. The molecule has 1 unspecified atom stereocenters. The van der Waals surface area contributed by atoms with E-state index in [1.54, 1.807) is 13.2 Å². The van der Waals surface area contributed by atoms with Crippen molar-refractivity contribution in [3.8, 4) is 0 Å². The van der Waals surface area contributed by atoms with E-state index >= 15 is 0 Å². The number of aromatic nitrogens is 2. The van der Waals surface area contributed by atoms with E-state index in [2.05, 4.69) is 5.32 Å². The lowest BCUT2D eigenvalue weighted by Crippen LogP contribution is -2.40. The third-order valence-electron chi connectivity index (χ3n) is 3.48. The zero-order chi connectivity index (χ0) is 13.8. The molecule has 2 heterocycles. The van der Waals surface area contributed by atoms with Crippen LogP contribution in [-0.4, -0.2) is 26.7 Å². The second-order valence-corrected chi connectivity index (χ2v) is 6.44. The van der Waals surface area contributed by atoms with Crippen LogP contribution in [0.5, 0.6) is 0 Å². The number of rotatable bonds is 4. The second kappa shape index (κ2) is 6.43. The average molecular weight is 283 g/mol. The number of hydrogen-bond donors (Lipinski definition) is 1. The molecule has 2 rings (SSSR count). The van der Waals surface area contributed by atoms with E-state index in [0.717, 1.165) is 11.1 Å². The van der Waals surface area contributed by atoms with Gasteiger partial charge in [-0.2, -0.15) is 11.8 Å². The Morgan fingerprint density at radius 3 is 2.84 bits per heavy atom. The minimum absolute atomic E-state index is 0.202. The molecule has 1 atom stereocenters. The summed E-state index contributed by atoms with van der Waals surface area (Å²) >= 11 is 2.01. The van der Waals surface area contributed by atoms with Crippen molar-refractivity contribution in [2.75, 3.05) is 12.3 Å². The summed E-state index contributed by atoms with van der Waals surface area (Å²) in [7, 11) is 3.19. The summed E-state index contributed by atoms with van der Waals surface area (Å²) in [6.45, 7) is 1.45. The summed E-state index contributed by atoms with van der Waals surface area (Å²) < 4.78 is 2.61. The maximum absolute atomic E-state index is 11.9. The second-order valence-electron chi connectivity index (χ2n) is 5.03. The van der Waals surface area contributed by atoms with Crippen LogP contribution in [0.3, 0.4) is 0 Å². The molecule has 0 radical (unpaired) electrons. The van der Waals surface area contributed by atoms with E-state index in [1.165, 1.54) is 36.6 Å². The van der Waals surface area contributed by atoms with E-state index in [4.69, 9.17) is 0 Å². The molecule has 0 saturated carbocycles. The van der Waals surface area contributed by atoms with Gasteiger partial charge < -0.3 is 9.88 Å².